The van der Waals surface area contributed by atoms with Crippen molar-refractivity contribution in [2.75, 3.05) is 0 Å². The summed E-state index contributed by atoms with van der Waals surface area (Å²) in [6.07, 6.45) is 1.27. The Balaban J connectivity index is 2.42. The topological polar surface area (TPSA) is 90.0 Å². The van der Waals surface area contributed by atoms with E-state index >= 15 is 0 Å². The highest BCUT2D eigenvalue weighted by Crippen LogP contribution is 2.19. The van der Waals surface area contributed by atoms with E-state index in [4.69, 9.17) is 11.6 Å². The minimum atomic E-state index is -1.24. The minimum absolute atomic E-state index is 0.0561. The molecule has 0 aliphatic carbocycles. The molecule has 0 saturated carbocycles. The van der Waals surface area contributed by atoms with Crippen molar-refractivity contribution in [3.8, 4) is 5.69 Å². The Kier molecular flexibility index (Phi) is 2.99. The number of nitrogens with zero attached hydrogens (tertiary/aromatic N) is 4. The summed E-state index contributed by atoms with van der Waals surface area (Å²) in [6, 6.07) is 6.55. The van der Waals surface area contributed by atoms with Crippen LogP contribution in [-0.2, 0) is 7.05 Å². The molecule has 1 aromatic carbocycles. The van der Waals surface area contributed by atoms with Crippen molar-refractivity contribution in [1.82, 2.24) is 19.3 Å². The van der Waals surface area contributed by atoms with Crippen molar-refractivity contribution in [1.29, 1.82) is 0 Å². The number of hydrogen-bond acceptors (Lipinski definition) is 4. The third kappa shape index (κ3) is 2.07. The van der Waals surface area contributed by atoms with E-state index in [-0.39, 0.29) is 22.3 Å². The number of hydrogen-bond donors (Lipinski definition) is 1. The molecule has 0 fully saturated rings. The van der Waals surface area contributed by atoms with Gasteiger partial charge in [0, 0.05) is 12.1 Å². The molecule has 0 amide bonds. The van der Waals surface area contributed by atoms with Crippen molar-refractivity contribution < 1.29 is 9.90 Å². The number of carboxylic acids is 1. The molecule has 2 aromatic heterocycles. The van der Waals surface area contributed by atoms with Crippen LogP contribution in [0.3, 0.4) is 0 Å². The molecule has 3 rings (SSSR count). The van der Waals surface area contributed by atoms with Crippen LogP contribution in [0.15, 0.2) is 35.4 Å². The van der Waals surface area contributed by atoms with E-state index in [1.807, 2.05) is 0 Å². The molecule has 0 radical (unpaired) electrons. The summed E-state index contributed by atoms with van der Waals surface area (Å²) in [5.74, 6) is -1.24. The van der Waals surface area contributed by atoms with Crippen molar-refractivity contribution in [3.63, 3.8) is 0 Å². The quantitative estimate of drug-likeness (QED) is 0.774. The van der Waals surface area contributed by atoms with Gasteiger partial charge in [-0.3, -0.25) is 4.79 Å². The monoisotopic (exact) mass is 304 g/mol. The lowest BCUT2D eigenvalue weighted by Gasteiger charge is -2.03. The average molecular weight is 305 g/mol. The van der Waals surface area contributed by atoms with Crippen molar-refractivity contribution >= 4 is 28.6 Å². The molecule has 0 saturated heterocycles. The SMILES string of the molecule is Cn1cnc2c(C(=O)O)nn(-c3ccc(Cl)cc3)c2c1=O. The van der Waals surface area contributed by atoms with Gasteiger partial charge in [0.15, 0.2) is 11.2 Å². The third-order valence-corrected chi connectivity index (χ3v) is 3.27. The van der Waals surface area contributed by atoms with E-state index in [1.54, 1.807) is 24.3 Å². The summed E-state index contributed by atoms with van der Waals surface area (Å²) in [6.45, 7) is 0. The van der Waals surface area contributed by atoms with Gasteiger partial charge in [-0.2, -0.15) is 5.10 Å². The smallest absolute Gasteiger partial charge is 0.358 e. The van der Waals surface area contributed by atoms with Gasteiger partial charge in [-0.05, 0) is 24.3 Å². The molecule has 7 nitrogen and oxygen atoms in total. The molecular formula is C13H9ClN4O3. The number of benzene rings is 1. The van der Waals surface area contributed by atoms with Crippen LogP contribution in [0.5, 0.6) is 0 Å². The highest BCUT2D eigenvalue weighted by molar-refractivity contribution is 6.30. The Labute approximate surface area is 123 Å². The van der Waals surface area contributed by atoms with E-state index in [1.165, 1.54) is 22.6 Å². The number of aromatic nitrogens is 4. The number of fused-ring (bicyclic) bond motifs is 1. The zero-order chi connectivity index (χ0) is 15.1. The third-order valence-electron chi connectivity index (χ3n) is 3.02. The fraction of sp³-hybridized carbons (Fsp3) is 0.0769. The molecule has 8 heteroatoms. The van der Waals surface area contributed by atoms with E-state index in [0.717, 1.165) is 0 Å². The maximum absolute atomic E-state index is 12.3. The number of carbonyl (C=O) groups is 1. The van der Waals surface area contributed by atoms with Gasteiger partial charge in [-0.15, -0.1) is 0 Å². The van der Waals surface area contributed by atoms with Crippen molar-refractivity contribution in [2.45, 2.75) is 0 Å². The first kappa shape index (κ1) is 13.3. The molecule has 0 atom stereocenters. The second kappa shape index (κ2) is 4.71. The lowest BCUT2D eigenvalue weighted by Crippen LogP contribution is -2.19. The highest BCUT2D eigenvalue weighted by atomic mass is 35.5. The normalized spacial score (nSPS) is 11.0. The summed E-state index contributed by atoms with van der Waals surface area (Å²) in [7, 11) is 1.54. The molecule has 0 unspecified atom stereocenters. The molecule has 0 spiro atoms. The Hall–Kier alpha value is -2.67. The van der Waals surface area contributed by atoms with Gasteiger partial charge in [0.2, 0.25) is 0 Å². The van der Waals surface area contributed by atoms with Crippen LogP contribution < -0.4 is 5.56 Å². The lowest BCUT2D eigenvalue weighted by atomic mass is 10.3. The van der Waals surface area contributed by atoms with Crippen LogP contribution in [0.1, 0.15) is 10.5 Å². The maximum Gasteiger partial charge on any atom is 0.358 e. The number of rotatable bonds is 2. The molecule has 21 heavy (non-hydrogen) atoms. The summed E-state index contributed by atoms with van der Waals surface area (Å²) in [5.41, 5.74) is 0.0508. The van der Waals surface area contributed by atoms with Gasteiger partial charge in [0.05, 0.1) is 12.0 Å². The second-order valence-electron chi connectivity index (χ2n) is 4.40. The number of halogens is 1. The summed E-state index contributed by atoms with van der Waals surface area (Å²) < 4.78 is 2.53. The summed E-state index contributed by atoms with van der Waals surface area (Å²) in [4.78, 5) is 27.5. The first-order valence-corrected chi connectivity index (χ1v) is 6.30. The average Bonchev–Trinajstić information content (AvgIpc) is 2.84. The summed E-state index contributed by atoms with van der Waals surface area (Å²) in [5, 5.41) is 13.7. The van der Waals surface area contributed by atoms with E-state index in [9.17, 15) is 14.7 Å². The van der Waals surface area contributed by atoms with Crippen molar-refractivity contribution in [3.05, 3.63) is 51.7 Å². The summed E-state index contributed by atoms with van der Waals surface area (Å²) >= 11 is 5.83. The fourth-order valence-electron chi connectivity index (χ4n) is 2.00. The molecule has 3 aromatic rings. The number of aryl methyl sites for hydroxylation is 1. The van der Waals surface area contributed by atoms with Crippen LogP contribution in [-0.4, -0.2) is 30.4 Å². The predicted molar refractivity (Wildman–Crippen MR) is 76.1 cm³/mol. The van der Waals surface area contributed by atoms with Crippen LogP contribution in [0.4, 0.5) is 0 Å². The lowest BCUT2D eigenvalue weighted by molar-refractivity contribution is 0.0692. The van der Waals surface area contributed by atoms with Crippen LogP contribution in [0.2, 0.25) is 5.02 Å². The minimum Gasteiger partial charge on any atom is -0.476 e. The standard InChI is InChI=1S/C13H9ClN4O3/c1-17-6-15-9-10(13(20)21)16-18(11(9)12(17)19)8-4-2-7(14)3-5-8/h2-6H,1H3,(H,20,21). The zero-order valence-corrected chi connectivity index (χ0v) is 11.6. The van der Waals surface area contributed by atoms with E-state index in [2.05, 4.69) is 10.1 Å². The van der Waals surface area contributed by atoms with Gasteiger partial charge >= 0.3 is 5.97 Å². The largest absolute Gasteiger partial charge is 0.476 e. The molecule has 106 valence electrons. The van der Waals surface area contributed by atoms with Crippen LogP contribution in [0.25, 0.3) is 16.7 Å². The molecular weight excluding hydrogens is 296 g/mol. The number of aromatic carboxylic acids is 1. The molecule has 0 aliphatic rings. The fourth-order valence-corrected chi connectivity index (χ4v) is 2.13. The van der Waals surface area contributed by atoms with Gasteiger partial charge in [-0.1, -0.05) is 11.6 Å². The second-order valence-corrected chi connectivity index (χ2v) is 4.84. The Morgan fingerprint density at radius 1 is 1.29 bits per heavy atom. The Morgan fingerprint density at radius 2 is 1.95 bits per heavy atom. The van der Waals surface area contributed by atoms with E-state index in [0.29, 0.717) is 10.7 Å². The van der Waals surface area contributed by atoms with Gasteiger partial charge in [0.1, 0.15) is 5.52 Å². The van der Waals surface area contributed by atoms with E-state index < -0.39 is 5.97 Å². The molecule has 0 aliphatic heterocycles. The Bertz CT molecular complexity index is 912. The maximum atomic E-state index is 12.3. The molecule has 0 bridgehead atoms. The zero-order valence-electron chi connectivity index (χ0n) is 10.8. The molecule has 2 heterocycles. The van der Waals surface area contributed by atoms with Crippen molar-refractivity contribution in [2.24, 2.45) is 7.05 Å². The van der Waals surface area contributed by atoms with Gasteiger partial charge in [0.25, 0.3) is 5.56 Å². The number of carboxylic acid groups (broad SMARTS) is 1. The highest BCUT2D eigenvalue weighted by Gasteiger charge is 2.21. The van der Waals surface area contributed by atoms with Crippen LogP contribution in [0, 0.1) is 0 Å². The van der Waals surface area contributed by atoms with Crippen LogP contribution >= 0.6 is 11.6 Å². The first-order chi connectivity index (χ1) is 9.99. The van der Waals surface area contributed by atoms with Gasteiger partial charge < -0.3 is 9.67 Å². The molecule has 1 N–H and O–H groups in total. The predicted octanol–water partition coefficient (Wildman–Crippen LogP) is 1.47. The first-order valence-electron chi connectivity index (χ1n) is 5.92. The Morgan fingerprint density at radius 3 is 2.57 bits per heavy atom. The van der Waals surface area contributed by atoms with Gasteiger partial charge in [-0.25, -0.2) is 14.5 Å².